The second-order valence-corrected chi connectivity index (χ2v) is 6.47. The number of rotatable bonds is 5. The molecule has 20 heavy (non-hydrogen) atoms. The van der Waals surface area contributed by atoms with Crippen molar-refractivity contribution in [2.45, 2.75) is 44.2 Å². The Hall–Kier alpha value is -1.30. The number of aliphatic hydroxyl groups excluding tert-OH is 1. The van der Waals surface area contributed by atoms with Crippen LogP contribution in [-0.4, -0.2) is 63.8 Å². The van der Waals surface area contributed by atoms with Crippen LogP contribution in [0.15, 0.2) is 0 Å². The molecule has 3 fully saturated rings. The number of aliphatic hydroxyl groups is 1. The lowest BCUT2D eigenvalue weighted by Gasteiger charge is -2.30. The van der Waals surface area contributed by atoms with E-state index in [-0.39, 0.29) is 19.0 Å². The van der Waals surface area contributed by atoms with Gasteiger partial charge in [0.05, 0.1) is 6.10 Å². The van der Waals surface area contributed by atoms with Crippen LogP contribution >= 0.6 is 0 Å². The summed E-state index contributed by atoms with van der Waals surface area (Å²) >= 11 is 0. The molecule has 0 aromatic carbocycles. The van der Waals surface area contributed by atoms with E-state index in [0.717, 1.165) is 13.1 Å². The predicted molar refractivity (Wildman–Crippen MR) is 71.2 cm³/mol. The summed E-state index contributed by atoms with van der Waals surface area (Å²) in [7, 11) is 0. The standard InChI is InChI=1S/C14H22N2O4/c17-11-5-12(13(18)19)16(8-11)14(20)15(6-9-1-2-9)7-10-3-4-10/h9-12,17H,1-8H2,(H,18,19)/t11-,12-/m1/s1. The number of carboxylic acid groups (broad SMARTS) is 1. The fourth-order valence-electron chi connectivity index (χ4n) is 2.90. The van der Waals surface area contributed by atoms with Gasteiger partial charge in [0.15, 0.2) is 0 Å². The number of hydrogen-bond donors (Lipinski definition) is 2. The molecule has 6 heteroatoms. The summed E-state index contributed by atoms with van der Waals surface area (Å²) in [6, 6.07) is -1.08. The minimum absolute atomic E-state index is 0.141. The largest absolute Gasteiger partial charge is 0.480 e. The van der Waals surface area contributed by atoms with Gasteiger partial charge in [-0.1, -0.05) is 0 Å². The summed E-state index contributed by atoms with van der Waals surface area (Å²) in [6.45, 7) is 1.63. The first-order chi connectivity index (χ1) is 9.54. The summed E-state index contributed by atoms with van der Waals surface area (Å²) in [5.41, 5.74) is 0. The highest BCUT2D eigenvalue weighted by molar-refractivity contribution is 5.83. The summed E-state index contributed by atoms with van der Waals surface area (Å²) in [6.07, 6.45) is 4.09. The second kappa shape index (κ2) is 5.24. The smallest absolute Gasteiger partial charge is 0.326 e. The van der Waals surface area contributed by atoms with Gasteiger partial charge in [-0.2, -0.15) is 0 Å². The lowest BCUT2D eigenvalue weighted by molar-refractivity contribution is -0.141. The van der Waals surface area contributed by atoms with E-state index in [1.165, 1.54) is 30.6 Å². The van der Waals surface area contributed by atoms with E-state index in [1.807, 2.05) is 4.90 Å². The van der Waals surface area contributed by atoms with Crippen LogP contribution in [-0.2, 0) is 4.79 Å². The molecule has 0 bridgehead atoms. The van der Waals surface area contributed by atoms with Crippen molar-refractivity contribution < 1.29 is 19.8 Å². The first-order valence-electron chi connectivity index (χ1n) is 7.51. The molecule has 0 unspecified atom stereocenters. The van der Waals surface area contributed by atoms with Crippen LogP contribution in [0.3, 0.4) is 0 Å². The van der Waals surface area contributed by atoms with Crippen LogP contribution in [0.4, 0.5) is 4.79 Å². The molecule has 1 saturated heterocycles. The number of carbonyl (C=O) groups excluding carboxylic acids is 1. The lowest BCUT2D eigenvalue weighted by atomic mass is 10.2. The summed E-state index contributed by atoms with van der Waals surface area (Å²) in [4.78, 5) is 27.0. The first kappa shape index (κ1) is 13.7. The SMILES string of the molecule is O=C(O)[C@H]1C[C@@H](O)CN1C(=O)N(CC1CC1)CC1CC1. The van der Waals surface area contributed by atoms with E-state index in [9.17, 15) is 19.8 Å². The molecule has 0 aromatic heterocycles. The molecule has 0 aromatic rings. The Bertz CT molecular complexity index is 392. The van der Waals surface area contributed by atoms with Gasteiger partial charge < -0.3 is 20.0 Å². The third-order valence-corrected chi connectivity index (χ3v) is 4.43. The quantitative estimate of drug-likeness (QED) is 0.779. The Morgan fingerprint density at radius 2 is 1.65 bits per heavy atom. The third-order valence-electron chi connectivity index (χ3n) is 4.43. The van der Waals surface area contributed by atoms with Gasteiger partial charge in [-0.3, -0.25) is 0 Å². The highest BCUT2D eigenvalue weighted by Gasteiger charge is 2.42. The Kier molecular flexibility index (Phi) is 3.58. The van der Waals surface area contributed by atoms with Gasteiger partial charge in [0.2, 0.25) is 0 Å². The molecular weight excluding hydrogens is 260 g/mol. The zero-order valence-electron chi connectivity index (χ0n) is 11.6. The third kappa shape index (κ3) is 3.06. The highest BCUT2D eigenvalue weighted by Crippen LogP contribution is 2.34. The van der Waals surface area contributed by atoms with Crippen molar-refractivity contribution in [2.24, 2.45) is 11.8 Å². The molecule has 2 aliphatic carbocycles. The van der Waals surface area contributed by atoms with Gasteiger partial charge in [0, 0.05) is 26.1 Å². The molecular formula is C14H22N2O4. The van der Waals surface area contributed by atoms with Gasteiger partial charge in [0.25, 0.3) is 0 Å². The number of nitrogens with zero attached hydrogens (tertiary/aromatic N) is 2. The summed E-state index contributed by atoms with van der Waals surface area (Å²) in [5, 5.41) is 18.9. The van der Waals surface area contributed by atoms with Gasteiger partial charge in [0.1, 0.15) is 6.04 Å². The molecule has 0 spiro atoms. The van der Waals surface area contributed by atoms with Gasteiger partial charge in [-0.05, 0) is 37.5 Å². The van der Waals surface area contributed by atoms with Crippen LogP contribution in [0.1, 0.15) is 32.1 Å². The van der Waals surface area contributed by atoms with Gasteiger partial charge in [-0.25, -0.2) is 9.59 Å². The minimum atomic E-state index is -1.02. The maximum atomic E-state index is 12.6. The van der Waals surface area contributed by atoms with Gasteiger partial charge >= 0.3 is 12.0 Å². The number of carbonyl (C=O) groups is 2. The summed E-state index contributed by atoms with van der Waals surface area (Å²) < 4.78 is 0. The molecule has 3 rings (SSSR count). The van der Waals surface area contributed by atoms with E-state index in [4.69, 9.17) is 0 Å². The molecule has 6 nitrogen and oxygen atoms in total. The predicted octanol–water partition coefficient (Wildman–Crippen LogP) is 0.748. The molecule has 0 radical (unpaired) electrons. The zero-order chi connectivity index (χ0) is 14.3. The van der Waals surface area contributed by atoms with E-state index in [2.05, 4.69) is 0 Å². The van der Waals surface area contributed by atoms with Crippen molar-refractivity contribution in [3.63, 3.8) is 0 Å². The molecule has 1 heterocycles. The molecule has 3 aliphatic rings. The van der Waals surface area contributed by atoms with E-state index < -0.39 is 18.1 Å². The number of aliphatic carboxylic acids is 1. The number of likely N-dealkylation sites (tertiary alicyclic amines) is 1. The first-order valence-corrected chi connectivity index (χ1v) is 7.51. The van der Waals surface area contributed by atoms with Crippen LogP contribution in [0, 0.1) is 11.8 Å². The lowest BCUT2D eigenvalue weighted by Crippen LogP contribution is -2.49. The fraction of sp³-hybridized carbons (Fsp3) is 0.857. The number of β-amino-alcohol motifs (C(OH)–C–C–N with tert-alkyl or cyclic N) is 1. The monoisotopic (exact) mass is 282 g/mol. The Morgan fingerprint density at radius 3 is 2.10 bits per heavy atom. The molecule has 112 valence electrons. The van der Waals surface area contributed by atoms with E-state index in [0.29, 0.717) is 11.8 Å². The van der Waals surface area contributed by atoms with Crippen molar-refractivity contribution in [1.82, 2.24) is 9.80 Å². The van der Waals surface area contributed by atoms with E-state index in [1.54, 1.807) is 0 Å². The maximum absolute atomic E-state index is 12.6. The topological polar surface area (TPSA) is 81.1 Å². The van der Waals surface area contributed by atoms with Crippen molar-refractivity contribution in [2.75, 3.05) is 19.6 Å². The molecule has 1 aliphatic heterocycles. The zero-order valence-corrected chi connectivity index (χ0v) is 11.6. The Labute approximate surface area is 118 Å². The molecule has 2 atom stereocenters. The second-order valence-electron chi connectivity index (χ2n) is 6.47. The van der Waals surface area contributed by atoms with E-state index >= 15 is 0 Å². The van der Waals surface area contributed by atoms with Crippen LogP contribution in [0.5, 0.6) is 0 Å². The van der Waals surface area contributed by atoms with Crippen LogP contribution in [0.2, 0.25) is 0 Å². The maximum Gasteiger partial charge on any atom is 0.326 e. The van der Waals surface area contributed by atoms with Crippen molar-refractivity contribution in [1.29, 1.82) is 0 Å². The Balaban J connectivity index is 1.67. The molecule has 2 saturated carbocycles. The highest BCUT2D eigenvalue weighted by atomic mass is 16.4. The van der Waals surface area contributed by atoms with Crippen molar-refractivity contribution in [3.8, 4) is 0 Å². The summed E-state index contributed by atoms with van der Waals surface area (Å²) in [5.74, 6) is 0.162. The number of urea groups is 1. The normalized spacial score (nSPS) is 29.6. The Morgan fingerprint density at radius 1 is 1.10 bits per heavy atom. The van der Waals surface area contributed by atoms with Crippen LogP contribution in [0.25, 0.3) is 0 Å². The minimum Gasteiger partial charge on any atom is -0.480 e. The fourth-order valence-corrected chi connectivity index (χ4v) is 2.90. The molecule has 2 N–H and O–H groups in total. The van der Waals surface area contributed by atoms with Crippen molar-refractivity contribution >= 4 is 12.0 Å². The number of carboxylic acids is 1. The number of amides is 2. The van der Waals surface area contributed by atoms with Gasteiger partial charge in [-0.15, -0.1) is 0 Å². The van der Waals surface area contributed by atoms with Crippen LogP contribution < -0.4 is 0 Å². The van der Waals surface area contributed by atoms with Crippen molar-refractivity contribution in [3.05, 3.63) is 0 Å². The molecule has 2 amide bonds. The number of hydrogen-bond acceptors (Lipinski definition) is 3. The average molecular weight is 282 g/mol. The average Bonchev–Trinajstić information content (AvgIpc) is 3.30.